The van der Waals surface area contributed by atoms with Gasteiger partial charge in [0.25, 0.3) is 0 Å². The van der Waals surface area contributed by atoms with E-state index in [0.717, 1.165) is 31.6 Å². The van der Waals surface area contributed by atoms with Crippen LogP contribution in [0.25, 0.3) is 0 Å². The summed E-state index contributed by atoms with van der Waals surface area (Å²) in [5.41, 5.74) is -0.648. The first-order chi connectivity index (χ1) is 9.54. The summed E-state index contributed by atoms with van der Waals surface area (Å²) in [6.07, 6.45) is 7.33. The van der Waals surface area contributed by atoms with Crippen LogP contribution in [-0.4, -0.2) is 34.8 Å². The van der Waals surface area contributed by atoms with Gasteiger partial charge in [0.15, 0.2) is 0 Å². The van der Waals surface area contributed by atoms with E-state index in [2.05, 4.69) is 12.2 Å². The van der Waals surface area contributed by atoms with E-state index in [0.29, 0.717) is 24.9 Å². The number of hydrogen-bond donors (Lipinski definition) is 1. The van der Waals surface area contributed by atoms with E-state index in [9.17, 15) is 9.59 Å². The molecule has 1 saturated heterocycles. The van der Waals surface area contributed by atoms with Crippen LogP contribution < -0.4 is 5.32 Å². The number of rotatable bonds is 5. The number of nitrogens with zero attached hydrogens (tertiary/aromatic N) is 1. The van der Waals surface area contributed by atoms with Crippen molar-refractivity contribution in [3.63, 3.8) is 0 Å². The van der Waals surface area contributed by atoms with Crippen LogP contribution in [-0.2, 0) is 9.59 Å². The van der Waals surface area contributed by atoms with Crippen molar-refractivity contribution in [3.05, 3.63) is 0 Å². The number of nitrogens with one attached hydrogen (secondary N) is 1. The van der Waals surface area contributed by atoms with Crippen molar-refractivity contribution in [2.24, 2.45) is 11.8 Å². The van der Waals surface area contributed by atoms with Crippen molar-refractivity contribution in [2.75, 3.05) is 6.54 Å². The van der Waals surface area contributed by atoms with Gasteiger partial charge in [-0.2, -0.15) is 0 Å². The number of carbonyl (C=O) groups is 2. The molecule has 2 atom stereocenters. The zero-order valence-corrected chi connectivity index (χ0v) is 12.7. The normalized spacial score (nSPS) is 32.8. The molecule has 0 aromatic rings. The van der Waals surface area contributed by atoms with E-state index in [-0.39, 0.29) is 11.8 Å². The second-order valence-corrected chi connectivity index (χ2v) is 7.01. The van der Waals surface area contributed by atoms with Crippen molar-refractivity contribution < 1.29 is 9.59 Å². The molecular weight excluding hydrogens is 252 g/mol. The van der Waals surface area contributed by atoms with Gasteiger partial charge in [-0.3, -0.25) is 9.59 Å². The summed E-state index contributed by atoms with van der Waals surface area (Å²) in [6, 6.07) is 0.320. The molecule has 3 aliphatic rings. The lowest BCUT2D eigenvalue weighted by atomic mass is 9.92. The molecule has 2 amide bonds. The van der Waals surface area contributed by atoms with Crippen molar-refractivity contribution in [2.45, 2.75) is 70.4 Å². The van der Waals surface area contributed by atoms with Crippen LogP contribution in [0.1, 0.15) is 58.8 Å². The van der Waals surface area contributed by atoms with Gasteiger partial charge in [-0.15, -0.1) is 0 Å². The Labute approximate surface area is 121 Å². The van der Waals surface area contributed by atoms with Gasteiger partial charge in [-0.25, -0.2) is 0 Å². The highest BCUT2D eigenvalue weighted by molar-refractivity contribution is 5.94. The molecule has 1 heterocycles. The number of amides is 2. The maximum atomic E-state index is 13.0. The highest BCUT2D eigenvalue weighted by Gasteiger charge is 2.52. The van der Waals surface area contributed by atoms with Crippen molar-refractivity contribution in [3.8, 4) is 0 Å². The van der Waals surface area contributed by atoms with Gasteiger partial charge in [0.2, 0.25) is 11.8 Å². The van der Waals surface area contributed by atoms with E-state index in [1.165, 1.54) is 12.8 Å². The summed E-state index contributed by atoms with van der Waals surface area (Å²) in [5.74, 6) is 1.36. The molecule has 0 aromatic heterocycles. The molecule has 3 rings (SSSR count). The molecule has 0 spiro atoms. The first kappa shape index (κ1) is 13.9. The Morgan fingerprint density at radius 2 is 2.00 bits per heavy atom. The fourth-order valence-corrected chi connectivity index (χ4v) is 3.57. The van der Waals surface area contributed by atoms with Crippen LogP contribution in [0.15, 0.2) is 0 Å². The van der Waals surface area contributed by atoms with Crippen molar-refractivity contribution in [1.82, 2.24) is 10.2 Å². The Kier molecular flexibility index (Phi) is 3.51. The molecule has 1 N–H and O–H groups in total. The fraction of sp³-hybridized carbons (Fsp3) is 0.875. The second kappa shape index (κ2) is 5.05. The summed E-state index contributed by atoms with van der Waals surface area (Å²) >= 11 is 0. The van der Waals surface area contributed by atoms with Crippen LogP contribution >= 0.6 is 0 Å². The van der Waals surface area contributed by atoms with E-state index < -0.39 is 5.54 Å². The lowest BCUT2D eigenvalue weighted by Gasteiger charge is -2.37. The van der Waals surface area contributed by atoms with E-state index in [1.54, 1.807) is 0 Å². The molecule has 0 aromatic carbocycles. The molecule has 2 saturated carbocycles. The van der Waals surface area contributed by atoms with Crippen molar-refractivity contribution >= 4 is 11.8 Å². The molecule has 4 heteroatoms. The SMILES string of the molecule is CCC(CC1CC1)N1CCC(=O)NC(C)(C2CC2)C1=O. The Morgan fingerprint density at radius 1 is 1.30 bits per heavy atom. The molecule has 4 nitrogen and oxygen atoms in total. The first-order valence-electron chi connectivity index (χ1n) is 8.16. The maximum absolute atomic E-state index is 13.0. The van der Waals surface area contributed by atoms with E-state index in [1.807, 2.05) is 11.8 Å². The summed E-state index contributed by atoms with van der Waals surface area (Å²) in [5, 5.41) is 3.01. The molecule has 20 heavy (non-hydrogen) atoms. The lowest BCUT2D eigenvalue weighted by molar-refractivity contribution is -0.141. The second-order valence-electron chi connectivity index (χ2n) is 7.01. The smallest absolute Gasteiger partial charge is 0.248 e. The summed E-state index contributed by atoms with van der Waals surface area (Å²) < 4.78 is 0. The Hall–Kier alpha value is -1.06. The third-order valence-electron chi connectivity index (χ3n) is 5.29. The molecule has 2 aliphatic carbocycles. The first-order valence-corrected chi connectivity index (χ1v) is 8.16. The Balaban J connectivity index is 1.80. The topological polar surface area (TPSA) is 49.4 Å². The van der Waals surface area contributed by atoms with Gasteiger partial charge in [-0.1, -0.05) is 19.8 Å². The van der Waals surface area contributed by atoms with Gasteiger partial charge < -0.3 is 10.2 Å². The summed E-state index contributed by atoms with van der Waals surface area (Å²) in [7, 11) is 0. The van der Waals surface area contributed by atoms with E-state index in [4.69, 9.17) is 0 Å². The fourth-order valence-electron chi connectivity index (χ4n) is 3.57. The number of carbonyl (C=O) groups excluding carboxylic acids is 2. The predicted octanol–water partition coefficient (Wildman–Crippen LogP) is 2.08. The van der Waals surface area contributed by atoms with Gasteiger partial charge in [-0.05, 0) is 44.4 Å². The van der Waals surface area contributed by atoms with Crippen molar-refractivity contribution in [1.29, 1.82) is 0 Å². The average molecular weight is 278 g/mol. The van der Waals surface area contributed by atoms with Crippen LogP contribution in [0.3, 0.4) is 0 Å². The predicted molar refractivity (Wildman–Crippen MR) is 77.0 cm³/mol. The van der Waals surface area contributed by atoms with Gasteiger partial charge in [0.05, 0.1) is 0 Å². The quantitative estimate of drug-likeness (QED) is 0.837. The third-order valence-corrected chi connectivity index (χ3v) is 5.29. The third kappa shape index (κ3) is 2.57. The molecule has 3 fully saturated rings. The molecule has 1 aliphatic heterocycles. The van der Waals surface area contributed by atoms with Crippen LogP contribution in [0.4, 0.5) is 0 Å². The zero-order valence-electron chi connectivity index (χ0n) is 12.7. The molecule has 112 valence electrons. The van der Waals surface area contributed by atoms with Gasteiger partial charge in [0, 0.05) is 19.0 Å². The van der Waals surface area contributed by atoms with Crippen LogP contribution in [0.5, 0.6) is 0 Å². The molecule has 2 unspecified atom stereocenters. The number of hydrogen-bond acceptors (Lipinski definition) is 2. The Bertz CT molecular complexity index is 415. The Morgan fingerprint density at radius 3 is 2.55 bits per heavy atom. The minimum atomic E-state index is -0.648. The van der Waals surface area contributed by atoms with Gasteiger partial charge >= 0.3 is 0 Å². The van der Waals surface area contributed by atoms with Crippen LogP contribution in [0.2, 0.25) is 0 Å². The molecule has 0 radical (unpaired) electrons. The largest absolute Gasteiger partial charge is 0.342 e. The minimum Gasteiger partial charge on any atom is -0.342 e. The molecule has 0 bridgehead atoms. The average Bonchev–Trinajstić information content (AvgIpc) is 3.27. The van der Waals surface area contributed by atoms with Gasteiger partial charge in [0.1, 0.15) is 5.54 Å². The standard InChI is InChI=1S/C16H26N2O2/c1-3-13(10-11-4-5-11)18-9-8-14(19)17-16(2,15(18)20)12-6-7-12/h11-13H,3-10H2,1-2H3,(H,17,19). The van der Waals surface area contributed by atoms with Crippen LogP contribution in [0, 0.1) is 11.8 Å². The monoisotopic (exact) mass is 278 g/mol. The lowest BCUT2D eigenvalue weighted by Crippen LogP contribution is -2.58. The maximum Gasteiger partial charge on any atom is 0.248 e. The van der Waals surface area contributed by atoms with E-state index >= 15 is 0 Å². The highest BCUT2D eigenvalue weighted by Crippen LogP contribution is 2.42. The summed E-state index contributed by atoms with van der Waals surface area (Å²) in [4.78, 5) is 27.0. The zero-order chi connectivity index (χ0) is 14.3. The molecular formula is C16H26N2O2. The summed E-state index contributed by atoms with van der Waals surface area (Å²) in [6.45, 7) is 4.69. The minimum absolute atomic E-state index is 0.0384. The highest BCUT2D eigenvalue weighted by atomic mass is 16.2.